The molecule has 5 nitrogen and oxygen atoms in total. The van der Waals surface area contributed by atoms with Gasteiger partial charge in [-0.05, 0) is 30.5 Å². The van der Waals surface area contributed by atoms with Gasteiger partial charge in [-0.2, -0.15) is 0 Å². The number of anilines is 2. The first kappa shape index (κ1) is 17.3. The van der Waals surface area contributed by atoms with E-state index in [9.17, 15) is 9.59 Å². The summed E-state index contributed by atoms with van der Waals surface area (Å²) < 4.78 is 5.37. The number of rotatable bonds is 3. The number of halogens is 1. The van der Waals surface area contributed by atoms with Crippen LogP contribution in [0.25, 0.3) is 0 Å². The molecule has 0 bridgehead atoms. The fourth-order valence-corrected chi connectivity index (χ4v) is 3.28. The smallest absolute Gasteiger partial charge is 0.262 e. The van der Waals surface area contributed by atoms with Gasteiger partial charge in [0.15, 0.2) is 0 Å². The molecule has 0 saturated heterocycles. The fraction of sp³-hybridized carbons (Fsp3) is 0.263. The molecule has 3 rings (SSSR count). The number of hydrogen-bond acceptors (Lipinski definition) is 3. The molecule has 1 aliphatic heterocycles. The number of aryl methyl sites for hydroxylation is 1. The van der Waals surface area contributed by atoms with Crippen LogP contribution in [0.4, 0.5) is 11.4 Å². The molecule has 0 fully saturated rings. The second-order valence-corrected chi connectivity index (χ2v) is 6.31. The predicted octanol–water partition coefficient (Wildman–Crippen LogP) is 3.90. The first-order chi connectivity index (χ1) is 12.0. The van der Waals surface area contributed by atoms with Crippen molar-refractivity contribution in [3.8, 4) is 5.75 Å². The number of fused-ring (bicyclic) bond motifs is 1. The largest absolute Gasteiger partial charge is 0.496 e. The Labute approximate surface area is 151 Å². The molecule has 1 N–H and O–H groups in total. The van der Waals surface area contributed by atoms with E-state index in [0.29, 0.717) is 28.6 Å². The van der Waals surface area contributed by atoms with Gasteiger partial charge in [0.2, 0.25) is 5.91 Å². The third-order valence-electron chi connectivity index (χ3n) is 4.19. The van der Waals surface area contributed by atoms with Crippen LogP contribution in [-0.4, -0.2) is 25.5 Å². The second kappa shape index (κ2) is 7.15. The zero-order valence-corrected chi connectivity index (χ0v) is 14.9. The summed E-state index contributed by atoms with van der Waals surface area (Å²) in [5.74, 6) is -0.0329. The zero-order chi connectivity index (χ0) is 18.0. The molecule has 0 aliphatic carbocycles. The minimum atomic E-state index is -0.243. The maximum atomic E-state index is 13.1. The molecule has 0 unspecified atom stereocenters. The summed E-state index contributed by atoms with van der Waals surface area (Å²) >= 11 is 6.24. The third kappa shape index (κ3) is 3.46. The van der Waals surface area contributed by atoms with Crippen molar-refractivity contribution >= 4 is 34.8 Å². The zero-order valence-electron chi connectivity index (χ0n) is 14.1. The van der Waals surface area contributed by atoms with Crippen molar-refractivity contribution in [2.75, 3.05) is 23.9 Å². The molecular weight excluding hydrogens is 340 g/mol. The van der Waals surface area contributed by atoms with E-state index in [1.807, 2.05) is 24.3 Å². The molecular formula is C19H19ClN2O3. The molecule has 0 atom stereocenters. The lowest BCUT2D eigenvalue weighted by Gasteiger charge is -2.30. The Kier molecular flexibility index (Phi) is 4.95. The Bertz CT molecular complexity index is 835. The summed E-state index contributed by atoms with van der Waals surface area (Å²) in [7, 11) is 1.49. The van der Waals surface area contributed by atoms with Crippen LogP contribution >= 0.6 is 11.6 Å². The Morgan fingerprint density at radius 3 is 2.72 bits per heavy atom. The highest BCUT2D eigenvalue weighted by molar-refractivity contribution is 6.34. The average molecular weight is 359 g/mol. The van der Waals surface area contributed by atoms with E-state index in [-0.39, 0.29) is 11.8 Å². The minimum absolute atomic E-state index is 0.166. The van der Waals surface area contributed by atoms with Crippen LogP contribution in [0.5, 0.6) is 5.75 Å². The number of hydrogen-bond donors (Lipinski definition) is 1. The van der Waals surface area contributed by atoms with Crippen LogP contribution < -0.4 is 15.0 Å². The number of nitrogens with zero attached hydrogens (tertiary/aromatic N) is 1. The second-order valence-electron chi connectivity index (χ2n) is 5.90. The average Bonchev–Trinajstić information content (AvgIpc) is 2.61. The molecule has 2 aromatic carbocycles. The molecule has 2 amide bonds. The lowest BCUT2D eigenvalue weighted by molar-refractivity contribution is -0.114. The van der Waals surface area contributed by atoms with E-state index in [0.717, 1.165) is 24.1 Å². The van der Waals surface area contributed by atoms with E-state index < -0.39 is 0 Å². The topological polar surface area (TPSA) is 58.6 Å². The van der Waals surface area contributed by atoms with Crippen molar-refractivity contribution < 1.29 is 14.3 Å². The van der Waals surface area contributed by atoms with Gasteiger partial charge in [-0.1, -0.05) is 29.8 Å². The molecule has 130 valence electrons. The summed E-state index contributed by atoms with van der Waals surface area (Å²) in [5.41, 5.74) is 2.87. The summed E-state index contributed by atoms with van der Waals surface area (Å²) in [4.78, 5) is 26.2. The van der Waals surface area contributed by atoms with E-state index in [2.05, 4.69) is 5.32 Å². The molecule has 6 heteroatoms. The summed E-state index contributed by atoms with van der Waals surface area (Å²) in [6, 6.07) is 11.0. The first-order valence-electron chi connectivity index (χ1n) is 8.06. The van der Waals surface area contributed by atoms with Gasteiger partial charge >= 0.3 is 0 Å². The standard InChI is InChI=1S/C19H19ClN2O3/c1-12(23)21-16-11-18(25-2)14(10-15(16)20)19(24)22-9-5-7-13-6-3-4-8-17(13)22/h3-4,6,8,10-11H,5,7,9H2,1-2H3,(H,21,23). The van der Waals surface area contributed by atoms with Crippen molar-refractivity contribution in [2.24, 2.45) is 0 Å². The molecule has 0 aromatic heterocycles. The lowest BCUT2D eigenvalue weighted by atomic mass is 10.0. The van der Waals surface area contributed by atoms with Crippen LogP contribution in [0, 0.1) is 0 Å². The van der Waals surface area contributed by atoms with Gasteiger partial charge in [0.05, 0.1) is 23.4 Å². The van der Waals surface area contributed by atoms with Crippen molar-refractivity contribution in [1.82, 2.24) is 0 Å². The van der Waals surface area contributed by atoms with Crippen molar-refractivity contribution in [3.63, 3.8) is 0 Å². The van der Waals surface area contributed by atoms with Crippen LogP contribution in [0.15, 0.2) is 36.4 Å². The number of benzene rings is 2. The minimum Gasteiger partial charge on any atom is -0.496 e. The quantitative estimate of drug-likeness (QED) is 0.905. The maximum Gasteiger partial charge on any atom is 0.262 e. The highest BCUT2D eigenvalue weighted by atomic mass is 35.5. The highest BCUT2D eigenvalue weighted by Gasteiger charge is 2.26. The SMILES string of the molecule is COc1cc(NC(C)=O)c(Cl)cc1C(=O)N1CCCc2ccccc21. The van der Waals surface area contributed by atoms with Crippen LogP contribution in [0.1, 0.15) is 29.3 Å². The van der Waals surface area contributed by atoms with Crippen molar-refractivity contribution in [2.45, 2.75) is 19.8 Å². The van der Waals surface area contributed by atoms with Gasteiger partial charge in [-0.3, -0.25) is 9.59 Å². The summed E-state index contributed by atoms with van der Waals surface area (Å²) in [5, 5.41) is 2.93. The Balaban J connectivity index is 2.00. The highest BCUT2D eigenvalue weighted by Crippen LogP contribution is 2.34. The van der Waals surface area contributed by atoms with E-state index in [1.54, 1.807) is 17.0 Å². The number of carbonyl (C=O) groups excluding carboxylic acids is 2. The molecule has 1 aliphatic rings. The van der Waals surface area contributed by atoms with Gasteiger partial charge in [-0.25, -0.2) is 0 Å². The third-order valence-corrected chi connectivity index (χ3v) is 4.50. The predicted molar refractivity (Wildman–Crippen MR) is 98.7 cm³/mol. The van der Waals surface area contributed by atoms with Gasteiger partial charge in [0.25, 0.3) is 5.91 Å². The number of nitrogens with one attached hydrogen (secondary N) is 1. The molecule has 1 heterocycles. The molecule has 25 heavy (non-hydrogen) atoms. The van der Waals surface area contributed by atoms with Gasteiger partial charge in [-0.15, -0.1) is 0 Å². The first-order valence-corrected chi connectivity index (χ1v) is 8.44. The van der Waals surface area contributed by atoms with Gasteiger partial charge in [0, 0.05) is 25.2 Å². The number of amides is 2. The molecule has 0 radical (unpaired) electrons. The number of ether oxygens (including phenoxy) is 1. The monoisotopic (exact) mass is 358 g/mol. The van der Waals surface area contributed by atoms with Crippen LogP contribution in [0.3, 0.4) is 0 Å². The molecule has 0 spiro atoms. The summed E-state index contributed by atoms with van der Waals surface area (Å²) in [6.07, 6.45) is 1.86. The Morgan fingerprint density at radius 1 is 1.24 bits per heavy atom. The fourth-order valence-electron chi connectivity index (χ4n) is 3.06. The van der Waals surface area contributed by atoms with E-state index in [1.165, 1.54) is 14.0 Å². The number of methoxy groups -OCH3 is 1. The number of carbonyl (C=O) groups is 2. The molecule has 0 saturated carbocycles. The molecule has 2 aromatic rings. The lowest BCUT2D eigenvalue weighted by Crippen LogP contribution is -2.35. The summed E-state index contributed by atoms with van der Waals surface area (Å²) in [6.45, 7) is 2.04. The van der Waals surface area contributed by atoms with Crippen LogP contribution in [-0.2, 0) is 11.2 Å². The van der Waals surface area contributed by atoms with Crippen LogP contribution in [0.2, 0.25) is 5.02 Å². The van der Waals surface area contributed by atoms with E-state index in [4.69, 9.17) is 16.3 Å². The van der Waals surface area contributed by atoms with E-state index >= 15 is 0 Å². The van der Waals surface area contributed by atoms with Crippen molar-refractivity contribution in [3.05, 3.63) is 52.5 Å². The maximum absolute atomic E-state index is 13.1. The van der Waals surface area contributed by atoms with Crippen molar-refractivity contribution in [1.29, 1.82) is 0 Å². The number of para-hydroxylation sites is 1. The van der Waals surface area contributed by atoms with Gasteiger partial charge < -0.3 is 15.0 Å². The normalized spacial score (nSPS) is 13.2. The Hall–Kier alpha value is -2.53. The Morgan fingerprint density at radius 2 is 2.00 bits per heavy atom. The van der Waals surface area contributed by atoms with Gasteiger partial charge in [0.1, 0.15) is 5.75 Å².